The Morgan fingerprint density at radius 3 is 2.53 bits per heavy atom. The number of alkyl halides is 2. The van der Waals surface area contributed by atoms with Gasteiger partial charge in [0.1, 0.15) is 0 Å². The van der Waals surface area contributed by atoms with Crippen molar-refractivity contribution in [2.75, 3.05) is 0 Å². The van der Waals surface area contributed by atoms with E-state index in [2.05, 4.69) is 15.9 Å². The summed E-state index contributed by atoms with van der Waals surface area (Å²) in [5.41, 5.74) is 5.03. The van der Waals surface area contributed by atoms with Crippen molar-refractivity contribution in [2.24, 2.45) is 5.73 Å². The van der Waals surface area contributed by atoms with Crippen molar-refractivity contribution in [1.82, 2.24) is 0 Å². The summed E-state index contributed by atoms with van der Waals surface area (Å²) in [6.07, 6.45) is 0. The van der Waals surface area contributed by atoms with Gasteiger partial charge in [0.2, 0.25) is 0 Å². The molecule has 1 rings (SSSR count). The van der Waals surface area contributed by atoms with E-state index in [1.165, 1.54) is 6.92 Å². The van der Waals surface area contributed by atoms with Crippen LogP contribution in [0.5, 0.6) is 0 Å². The molecule has 0 spiro atoms. The molecular weight excluding hydrogens is 265 g/mol. The van der Waals surface area contributed by atoms with Crippen LogP contribution in [0.1, 0.15) is 12.5 Å². The molecule has 0 aliphatic carbocycles. The van der Waals surface area contributed by atoms with Crippen molar-refractivity contribution < 1.29 is 13.9 Å². The molecule has 0 amide bonds. The highest BCUT2D eigenvalue weighted by atomic mass is 79.9. The van der Waals surface area contributed by atoms with Crippen LogP contribution in [0.4, 0.5) is 4.39 Å². The number of hydrogen-bond donors (Lipinski definition) is 1. The number of benzene rings is 1. The highest BCUT2D eigenvalue weighted by Crippen LogP contribution is 2.20. The number of halogens is 2. The zero-order chi connectivity index (χ0) is 11.5. The molecule has 0 heterocycles. The van der Waals surface area contributed by atoms with Gasteiger partial charge in [0.15, 0.2) is 5.72 Å². The molecule has 0 aliphatic heterocycles. The molecular formula is C10H11BrFNO2. The van der Waals surface area contributed by atoms with Crippen LogP contribution in [0.15, 0.2) is 30.3 Å². The molecule has 2 atom stereocenters. The minimum atomic E-state index is -1.86. The van der Waals surface area contributed by atoms with Gasteiger partial charge in [0.25, 0.3) is 5.08 Å². The Bertz CT molecular complexity index is 341. The molecule has 0 saturated carbocycles. The Morgan fingerprint density at radius 2 is 2.07 bits per heavy atom. The SMILES string of the molecule is C[C@](N)(OC(=O)C(F)Br)c1ccccc1. The Morgan fingerprint density at radius 1 is 1.53 bits per heavy atom. The van der Waals surface area contributed by atoms with Gasteiger partial charge < -0.3 is 4.74 Å². The second-order valence-corrected chi connectivity index (χ2v) is 4.00. The van der Waals surface area contributed by atoms with E-state index >= 15 is 0 Å². The van der Waals surface area contributed by atoms with Gasteiger partial charge in [-0.3, -0.25) is 5.73 Å². The van der Waals surface area contributed by atoms with Gasteiger partial charge in [0.05, 0.1) is 0 Å². The molecule has 1 aromatic rings. The highest BCUT2D eigenvalue weighted by Gasteiger charge is 2.28. The van der Waals surface area contributed by atoms with E-state index in [0.29, 0.717) is 5.56 Å². The van der Waals surface area contributed by atoms with Gasteiger partial charge in [0, 0.05) is 5.56 Å². The Kier molecular flexibility index (Phi) is 3.82. The first kappa shape index (κ1) is 12.1. The lowest BCUT2D eigenvalue weighted by Crippen LogP contribution is -2.39. The van der Waals surface area contributed by atoms with Gasteiger partial charge >= 0.3 is 5.97 Å². The fraction of sp³-hybridized carbons (Fsp3) is 0.300. The molecule has 0 radical (unpaired) electrons. The maximum absolute atomic E-state index is 12.5. The molecule has 0 fully saturated rings. The van der Waals surface area contributed by atoms with E-state index in [1.807, 2.05) is 6.07 Å². The van der Waals surface area contributed by atoms with Crippen LogP contribution >= 0.6 is 15.9 Å². The van der Waals surface area contributed by atoms with Crippen LogP contribution in [-0.2, 0) is 15.3 Å². The number of carbonyl (C=O) groups excluding carboxylic acids is 1. The first-order valence-electron chi connectivity index (χ1n) is 4.29. The Balaban J connectivity index is 2.80. The molecule has 0 aliphatic rings. The van der Waals surface area contributed by atoms with Crippen LogP contribution < -0.4 is 5.73 Å². The van der Waals surface area contributed by atoms with Gasteiger partial charge in [-0.25, -0.2) is 9.18 Å². The number of carbonyl (C=O) groups is 1. The van der Waals surface area contributed by atoms with Crippen molar-refractivity contribution in [3.8, 4) is 0 Å². The van der Waals surface area contributed by atoms with E-state index in [9.17, 15) is 9.18 Å². The third-order valence-corrected chi connectivity index (χ3v) is 2.21. The Hall–Kier alpha value is -0.940. The Labute approximate surface area is 95.5 Å². The maximum atomic E-state index is 12.5. The molecule has 1 unspecified atom stereocenters. The lowest BCUT2D eigenvalue weighted by molar-refractivity contribution is -0.161. The third-order valence-electron chi connectivity index (χ3n) is 1.84. The number of esters is 1. The smallest absolute Gasteiger partial charge is 0.353 e. The van der Waals surface area contributed by atoms with E-state index in [0.717, 1.165) is 0 Å². The molecule has 0 aromatic heterocycles. The summed E-state index contributed by atoms with van der Waals surface area (Å²) in [6, 6.07) is 8.73. The second-order valence-electron chi connectivity index (χ2n) is 3.19. The van der Waals surface area contributed by atoms with E-state index < -0.39 is 16.8 Å². The van der Waals surface area contributed by atoms with Crippen LogP contribution in [-0.4, -0.2) is 11.1 Å². The van der Waals surface area contributed by atoms with Gasteiger partial charge in [-0.2, -0.15) is 0 Å². The predicted octanol–water partition coefficient (Wildman–Crippen LogP) is 2.05. The maximum Gasteiger partial charge on any atom is 0.353 e. The second kappa shape index (κ2) is 4.72. The molecule has 0 saturated heterocycles. The quantitative estimate of drug-likeness (QED) is 0.522. The van der Waals surface area contributed by atoms with E-state index in [4.69, 9.17) is 10.5 Å². The van der Waals surface area contributed by atoms with Crippen molar-refractivity contribution in [3.63, 3.8) is 0 Å². The minimum absolute atomic E-state index is 0.603. The van der Waals surface area contributed by atoms with Crippen molar-refractivity contribution in [2.45, 2.75) is 17.7 Å². The molecule has 5 heteroatoms. The van der Waals surface area contributed by atoms with Crippen LogP contribution in [0, 0.1) is 0 Å². The van der Waals surface area contributed by atoms with Crippen molar-refractivity contribution in [1.29, 1.82) is 0 Å². The average Bonchev–Trinajstić information content (AvgIpc) is 2.18. The number of hydrogen-bond acceptors (Lipinski definition) is 3. The first-order valence-corrected chi connectivity index (χ1v) is 5.20. The predicted molar refractivity (Wildman–Crippen MR) is 57.9 cm³/mol. The summed E-state index contributed by atoms with van der Waals surface area (Å²) in [4.78, 5) is 11.0. The number of ether oxygens (including phenoxy) is 1. The zero-order valence-corrected chi connectivity index (χ0v) is 9.70. The molecule has 1 aromatic carbocycles. The summed E-state index contributed by atoms with van der Waals surface area (Å²) in [5.74, 6) is -1.04. The number of rotatable bonds is 3. The zero-order valence-electron chi connectivity index (χ0n) is 8.11. The largest absolute Gasteiger partial charge is 0.437 e. The molecule has 82 valence electrons. The van der Waals surface area contributed by atoms with Crippen LogP contribution in [0.2, 0.25) is 0 Å². The third kappa shape index (κ3) is 3.28. The van der Waals surface area contributed by atoms with Gasteiger partial charge in [-0.15, -0.1) is 0 Å². The normalized spacial score (nSPS) is 16.5. The molecule has 2 N–H and O–H groups in total. The number of nitrogens with two attached hydrogens (primary N) is 1. The van der Waals surface area contributed by atoms with Crippen LogP contribution in [0.25, 0.3) is 0 Å². The van der Waals surface area contributed by atoms with Gasteiger partial charge in [-0.05, 0) is 22.9 Å². The van der Waals surface area contributed by atoms with Crippen LogP contribution in [0.3, 0.4) is 0 Å². The summed E-state index contributed by atoms with van der Waals surface area (Å²) in [5, 5.41) is -1.86. The molecule has 0 bridgehead atoms. The van der Waals surface area contributed by atoms with Gasteiger partial charge in [-0.1, -0.05) is 30.3 Å². The fourth-order valence-electron chi connectivity index (χ4n) is 1.08. The summed E-state index contributed by atoms with van der Waals surface area (Å²) in [6.45, 7) is 1.50. The summed E-state index contributed by atoms with van der Waals surface area (Å²) >= 11 is 2.47. The standard InChI is InChI=1S/C10H11BrFNO2/c1-10(13,15-9(14)8(11)12)7-5-3-2-4-6-7/h2-6,8H,13H2,1H3/t8?,10-/m0/s1. The summed E-state index contributed by atoms with van der Waals surface area (Å²) < 4.78 is 17.3. The highest BCUT2D eigenvalue weighted by molar-refractivity contribution is 9.09. The average molecular weight is 276 g/mol. The van der Waals surface area contributed by atoms with E-state index in [1.54, 1.807) is 24.3 Å². The first-order chi connectivity index (χ1) is 6.93. The minimum Gasteiger partial charge on any atom is -0.437 e. The summed E-state index contributed by atoms with van der Waals surface area (Å²) in [7, 11) is 0. The lowest BCUT2D eigenvalue weighted by atomic mass is 10.1. The van der Waals surface area contributed by atoms with Crippen molar-refractivity contribution >= 4 is 21.9 Å². The molecule has 15 heavy (non-hydrogen) atoms. The van der Waals surface area contributed by atoms with Crippen molar-refractivity contribution in [3.05, 3.63) is 35.9 Å². The fourth-order valence-corrected chi connectivity index (χ4v) is 1.17. The molecule has 3 nitrogen and oxygen atoms in total. The lowest BCUT2D eigenvalue weighted by Gasteiger charge is -2.25. The topological polar surface area (TPSA) is 52.3 Å². The monoisotopic (exact) mass is 275 g/mol. The van der Waals surface area contributed by atoms with E-state index in [-0.39, 0.29) is 0 Å².